The van der Waals surface area contributed by atoms with Gasteiger partial charge >= 0.3 is 11.9 Å². The Morgan fingerprint density at radius 1 is 1.36 bits per heavy atom. The smallest absolute Gasteiger partial charge is 0.336 e. The van der Waals surface area contributed by atoms with Crippen molar-refractivity contribution in [3.63, 3.8) is 0 Å². The van der Waals surface area contributed by atoms with Gasteiger partial charge in [0.1, 0.15) is 5.92 Å². The lowest BCUT2D eigenvalue weighted by atomic mass is 9.75. The molecule has 3 N–H and O–H groups in total. The molecule has 0 amide bonds. The van der Waals surface area contributed by atoms with Gasteiger partial charge in [-0.15, -0.1) is 0 Å². The van der Waals surface area contributed by atoms with Gasteiger partial charge in [-0.2, -0.15) is 0 Å². The number of ether oxygens (including phenoxy) is 2. The number of carbonyl (C=O) groups is 2. The van der Waals surface area contributed by atoms with Crippen LogP contribution in [0.25, 0.3) is 0 Å². The second-order valence-electron chi connectivity index (χ2n) is 5.99. The van der Waals surface area contributed by atoms with Gasteiger partial charge in [-0.1, -0.05) is 41.6 Å². The van der Waals surface area contributed by atoms with E-state index in [1.54, 1.807) is 38.1 Å². The number of nitrogens with zero attached hydrogens (tertiary/aromatic N) is 1. The minimum absolute atomic E-state index is 0.104. The van der Waals surface area contributed by atoms with E-state index in [0.717, 1.165) is 11.8 Å². The Balaban J connectivity index is 2.72. The van der Waals surface area contributed by atoms with E-state index in [9.17, 15) is 9.59 Å². The molecule has 150 valence electrons. The van der Waals surface area contributed by atoms with E-state index in [1.165, 1.54) is 7.11 Å². The van der Waals surface area contributed by atoms with Crippen LogP contribution >= 0.6 is 23.4 Å². The van der Waals surface area contributed by atoms with Gasteiger partial charge in [0.2, 0.25) is 0 Å². The molecule has 1 aliphatic rings. The fourth-order valence-electron chi connectivity index (χ4n) is 3.14. The third kappa shape index (κ3) is 4.74. The molecule has 0 aromatic heterocycles. The molecule has 1 heterocycles. The van der Waals surface area contributed by atoms with Crippen molar-refractivity contribution >= 4 is 46.2 Å². The van der Waals surface area contributed by atoms with Gasteiger partial charge in [-0.3, -0.25) is 15.2 Å². The van der Waals surface area contributed by atoms with Crippen LogP contribution in [0.2, 0.25) is 5.02 Å². The van der Waals surface area contributed by atoms with Gasteiger partial charge < -0.3 is 15.2 Å². The lowest BCUT2D eigenvalue weighted by Gasteiger charge is -2.32. The Morgan fingerprint density at radius 3 is 2.61 bits per heavy atom. The van der Waals surface area contributed by atoms with E-state index in [2.05, 4.69) is 4.99 Å². The van der Waals surface area contributed by atoms with Gasteiger partial charge in [-0.05, 0) is 25.5 Å². The molecule has 0 saturated carbocycles. The lowest BCUT2D eigenvalue weighted by Crippen LogP contribution is -2.37. The maximum absolute atomic E-state index is 12.9. The van der Waals surface area contributed by atoms with Crippen molar-refractivity contribution in [3.05, 3.63) is 46.1 Å². The van der Waals surface area contributed by atoms with Gasteiger partial charge in [0.25, 0.3) is 0 Å². The molecule has 2 atom stereocenters. The molecule has 0 bridgehead atoms. The molecule has 7 nitrogen and oxygen atoms in total. The molecule has 0 aliphatic carbocycles. The number of hydrogen-bond donors (Lipinski definition) is 2. The van der Waals surface area contributed by atoms with Crippen LogP contribution < -0.4 is 5.73 Å². The van der Waals surface area contributed by atoms with Crippen LogP contribution in [0.1, 0.15) is 25.3 Å². The molecular weight excluding hydrogens is 402 g/mol. The van der Waals surface area contributed by atoms with Crippen LogP contribution in [0.15, 0.2) is 40.5 Å². The number of carbonyl (C=O) groups excluding carboxylic acids is 2. The summed E-state index contributed by atoms with van der Waals surface area (Å²) in [5.41, 5.74) is 7.17. The predicted molar refractivity (Wildman–Crippen MR) is 111 cm³/mol. The summed E-state index contributed by atoms with van der Waals surface area (Å²) in [5.74, 6) is -2.46. The largest absolute Gasteiger partial charge is 0.468 e. The second-order valence-corrected chi connectivity index (χ2v) is 7.41. The molecule has 1 aromatic carbocycles. The van der Waals surface area contributed by atoms with Crippen molar-refractivity contribution in [2.75, 3.05) is 19.5 Å². The zero-order valence-corrected chi connectivity index (χ0v) is 17.4. The fraction of sp³-hybridized carbons (Fsp3) is 0.368. The molecule has 2 unspecified atom stereocenters. The number of aliphatic imine (C=N–C) groups is 1. The summed E-state index contributed by atoms with van der Waals surface area (Å²) in [6, 6.07) is 7.00. The van der Waals surface area contributed by atoms with E-state index >= 15 is 0 Å². The molecule has 28 heavy (non-hydrogen) atoms. The maximum Gasteiger partial charge on any atom is 0.336 e. The topological polar surface area (TPSA) is 115 Å². The van der Waals surface area contributed by atoms with Crippen molar-refractivity contribution in [1.29, 1.82) is 5.41 Å². The van der Waals surface area contributed by atoms with E-state index in [1.807, 2.05) is 0 Å². The monoisotopic (exact) mass is 423 g/mol. The Bertz CT molecular complexity index is 853. The minimum atomic E-state index is -0.824. The first-order chi connectivity index (χ1) is 13.3. The summed E-state index contributed by atoms with van der Waals surface area (Å²) in [5, 5.41) is 7.77. The van der Waals surface area contributed by atoms with Gasteiger partial charge in [0.05, 0.1) is 25.0 Å². The van der Waals surface area contributed by atoms with Crippen molar-refractivity contribution in [3.8, 4) is 0 Å². The summed E-state index contributed by atoms with van der Waals surface area (Å²) >= 11 is 7.45. The predicted octanol–water partition coefficient (Wildman–Crippen LogP) is 3.13. The third-order valence-corrected chi connectivity index (χ3v) is 5.34. The highest BCUT2D eigenvalue weighted by atomic mass is 35.5. The number of nitrogens with two attached hydrogens (primary N) is 1. The number of rotatable bonds is 6. The number of thioether (sulfide) groups is 1. The van der Waals surface area contributed by atoms with E-state index < -0.39 is 23.8 Å². The highest BCUT2D eigenvalue weighted by Gasteiger charge is 2.43. The lowest BCUT2D eigenvalue weighted by molar-refractivity contribution is -0.144. The summed E-state index contributed by atoms with van der Waals surface area (Å²) in [6.07, 6.45) is 0. The summed E-state index contributed by atoms with van der Waals surface area (Å²) in [4.78, 5) is 29.9. The van der Waals surface area contributed by atoms with Crippen LogP contribution in [0.4, 0.5) is 0 Å². The zero-order chi connectivity index (χ0) is 20.8. The molecule has 2 rings (SSSR count). The van der Waals surface area contributed by atoms with Crippen LogP contribution in [0.3, 0.4) is 0 Å². The maximum atomic E-state index is 12.9. The van der Waals surface area contributed by atoms with E-state index in [4.69, 9.17) is 32.2 Å². The quantitative estimate of drug-likeness (QED) is 0.412. The number of halogens is 1. The number of esters is 2. The Hall–Kier alpha value is -2.32. The van der Waals surface area contributed by atoms with Crippen molar-refractivity contribution in [2.45, 2.75) is 19.8 Å². The first kappa shape index (κ1) is 22.0. The van der Waals surface area contributed by atoms with Gasteiger partial charge in [-0.25, -0.2) is 4.79 Å². The molecular formula is C19H22ClN3O4S. The Labute approximate surface area is 172 Å². The first-order valence-corrected chi connectivity index (χ1v) is 9.92. The average Bonchev–Trinajstić information content (AvgIpc) is 2.65. The summed E-state index contributed by atoms with van der Waals surface area (Å²) in [7, 11) is 1.29. The second kappa shape index (κ2) is 9.75. The Kier molecular flexibility index (Phi) is 7.65. The number of methoxy groups -OCH3 is 1. The van der Waals surface area contributed by atoms with Crippen LogP contribution in [-0.2, 0) is 19.1 Å². The molecule has 0 fully saturated rings. The van der Waals surface area contributed by atoms with Crippen molar-refractivity contribution in [1.82, 2.24) is 0 Å². The number of benzene rings is 1. The summed E-state index contributed by atoms with van der Waals surface area (Å²) in [6.45, 7) is 3.56. The zero-order valence-electron chi connectivity index (χ0n) is 15.8. The number of amidine groups is 1. The van der Waals surface area contributed by atoms with Crippen LogP contribution in [0.5, 0.6) is 0 Å². The van der Waals surface area contributed by atoms with Gasteiger partial charge in [0.15, 0.2) is 5.17 Å². The molecule has 1 aliphatic heterocycles. The first-order valence-electron chi connectivity index (χ1n) is 8.56. The van der Waals surface area contributed by atoms with Gasteiger partial charge in [0, 0.05) is 22.4 Å². The third-order valence-electron chi connectivity index (χ3n) is 4.27. The average molecular weight is 424 g/mol. The van der Waals surface area contributed by atoms with Crippen molar-refractivity contribution < 1.29 is 19.1 Å². The minimum Gasteiger partial charge on any atom is -0.468 e. The molecule has 0 saturated heterocycles. The number of nitrogens with one attached hydrogen (secondary N) is 1. The van der Waals surface area contributed by atoms with Crippen molar-refractivity contribution in [2.24, 2.45) is 16.6 Å². The molecule has 1 aromatic rings. The normalized spacial score (nSPS) is 19.1. The summed E-state index contributed by atoms with van der Waals surface area (Å²) < 4.78 is 10.2. The fourth-order valence-corrected chi connectivity index (χ4v) is 3.90. The SMILES string of the molecule is CCOC(=O)C1=C(CSC(=N)N)N=C(C)C(C(=O)OC)C1c1ccccc1Cl. The Morgan fingerprint density at radius 2 is 2.04 bits per heavy atom. The van der Waals surface area contributed by atoms with Crippen LogP contribution in [0, 0.1) is 11.3 Å². The number of hydrogen-bond acceptors (Lipinski definition) is 7. The molecule has 0 radical (unpaired) electrons. The highest BCUT2D eigenvalue weighted by molar-refractivity contribution is 8.13. The van der Waals surface area contributed by atoms with E-state index in [-0.39, 0.29) is 23.1 Å². The molecule has 9 heteroatoms. The van der Waals surface area contributed by atoms with Crippen LogP contribution in [-0.4, -0.2) is 42.3 Å². The highest BCUT2D eigenvalue weighted by Crippen LogP contribution is 2.43. The standard InChI is InChI=1S/C19H22ClN3O4S/c1-4-27-18(25)16-13(9-28-19(21)22)23-10(2)14(17(24)26-3)15(16)11-7-5-6-8-12(11)20/h5-8,14-15H,4,9H2,1-3H3,(H3,21,22). The van der Waals surface area contributed by atoms with E-state index in [0.29, 0.717) is 22.0 Å². The molecule has 0 spiro atoms.